The molecule has 0 fully saturated rings. The third-order valence-electron chi connectivity index (χ3n) is 2.56. The van der Waals surface area contributed by atoms with Crippen molar-refractivity contribution in [3.63, 3.8) is 0 Å². The maximum atomic E-state index is 13.5. The summed E-state index contributed by atoms with van der Waals surface area (Å²) in [6, 6.07) is 1.97. The summed E-state index contributed by atoms with van der Waals surface area (Å²) in [4.78, 5) is 11.7. The number of hydrogen-bond acceptors (Lipinski definition) is 3. The Kier molecular flexibility index (Phi) is 3.74. The molecule has 1 amide bonds. The molecule has 0 aliphatic rings. The van der Waals surface area contributed by atoms with Gasteiger partial charge in [-0.1, -0.05) is 0 Å². The Morgan fingerprint density at radius 3 is 2.58 bits per heavy atom. The van der Waals surface area contributed by atoms with Crippen molar-refractivity contribution in [2.45, 2.75) is 6.54 Å². The third kappa shape index (κ3) is 2.87. The first-order valence-electron chi connectivity index (χ1n) is 5.54. The van der Waals surface area contributed by atoms with Crippen LogP contribution in [0.3, 0.4) is 0 Å². The molecule has 0 atom stereocenters. The topological polar surface area (TPSA) is 69.8 Å². The van der Waals surface area contributed by atoms with Crippen LogP contribution in [0, 0.1) is 11.6 Å². The third-order valence-corrected chi connectivity index (χ3v) is 2.56. The molecule has 3 N–H and O–H groups in total. The van der Waals surface area contributed by atoms with E-state index in [1.165, 1.54) is 7.05 Å². The molecule has 0 saturated heterocycles. The van der Waals surface area contributed by atoms with Gasteiger partial charge < -0.3 is 10.6 Å². The van der Waals surface area contributed by atoms with Gasteiger partial charge in [0.2, 0.25) is 0 Å². The van der Waals surface area contributed by atoms with E-state index in [2.05, 4.69) is 20.8 Å². The van der Waals surface area contributed by atoms with Crippen molar-refractivity contribution in [2.75, 3.05) is 12.4 Å². The van der Waals surface area contributed by atoms with Crippen LogP contribution in [0.2, 0.25) is 0 Å². The Balaban J connectivity index is 2.11. The second-order valence-corrected chi connectivity index (χ2v) is 3.85. The van der Waals surface area contributed by atoms with Gasteiger partial charge in [0.25, 0.3) is 5.91 Å². The fourth-order valence-electron chi connectivity index (χ4n) is 1.60. The van der Waals surface area contributed by atoms with Gasteiger partial charge in [-0.2, -0.15) is 5.10 Å². The van der Waals surface area contributed by atoms with Crippen molar-refractivity contribution >= 4 is 11.6 Å². The lowest BCUT2D eigenvalue weighted by Crippen LogP contribution is -2.23. The van der Waals surface area contributed by atoms with Gasteiger partial charge in [-0.3, -0.25) is 9.89 Å². The fraction of sp³-hybridized carbons (Fsp3) is 0.167. The molecule has 1 aromatic heterocycles. The number of halogens is 2. The first kappa shape index (κ1) is 13.0. The van der Waals surface area contributed by atoms with Gasteiger partial charge >= 0.3 is 0 Å². The van der Waals surface area contributed by atoms with E-state index in [0.717, 1.165) is 17.7 Å². The predicted octanol–water partition coefficient (Wildman–Crippen LogP) is 1.66. The fourth-order valence-corrected chi connectivity index (χ4v) is 1.60. The van der Waals surface area contributed by atoms with E-state index < -0.39 is 17.5 Å². The number of aromatic nitrogens is 2. The van der Waals surface area contributed by atoms with Gasteiger partial charge in [-0.15, -0.1) is 0 Å². The molecule has 0 aliphatic heterocycles. The lowest BCUT2D eigenvalue weighted by Gasteiger charge is -2.08. The lowest BCUT2D eigenvalue weighted by atomic mass is 10.1. The summed E-state index contributed by atoms with van der Waals surface area (Å²) in [5.74, 6) is -2.17. The van der Waals surface area contributed by atoms with Crippen LogP contribution in [-0.2, 0) is 6.54 Å². The van der Waals surface area contributed by atoms with E-state index >= 15 is 0 Å². The standard InChI is InChI=1S/C12H12F2N4O/c1-15-11-9(13)2-8(3-10(11)14)12(19)16-4-7-5-17-18-6-7/h2-3,5-6,15H,4H2,1H3,(H,16,19)(H,17,18). The molecule has 5 nitrogen and oxygen atoms in total. The minimum absolute atomic E-state index is 0.0718. The van der Waals surface area contributed by atoms with Crippen LogP contribution < -0.4 is 10.6 Å². The quantitative estimate of drug-likeness (QED) is 0.788. The highest BCUT2D eigenvalue weighted by atomic mass is 19.1. The SMILES string of the molecule is CNc1c(F)cc(C(=O)NCc2cn[nH]c2)cc1F. The van der Waals surface area contributed by atoms with Gasteiger partial charge in [0.15, 0.2) is 0 Å². The van der Waals surface area contributed by atoms with E-state index in [0.29, 0.717) is 0 Å². The number of hydrogen-bond donors (Lipinski definition) is 3. The summed E-state index contributed by atoms with van der Waals surface area (Å²) in [5.41, 5.74) is 0.435. The normalized spacial score (nSPS) is 10.3. The Morgan fingerprint density at radius 1 is 1.37 bits per heavy atom. The molecule has 1 aromatic carbocycles. The molecule has 0 saturated carbocycles. The second-order valence-electron chi connectivity index (χ2n) is 3.85. The molecule has 100 valence electrons. The summed E-state index contributed by atoms with van der Waals surface area (Å²) in [6.07, 6.45) is 3.16. The van der Waals surface area contributed by atoms with Crippen molar-refractivity contribution < 1.29 is 13.6 Å². The maximum absolute atomic E-state index is 13.5. The summed E-state index contributed by atoms with van der Waals surface area (Å²) >= 11 is 0. The number of nitrogens with zero attached hydrogens (tertiary/aromatic N) is 1. The molecule has 7 heteroatoms. The molecule has 19 heavy (non-hydrogen) atoms. The number of carbonyl (C=O) groups is 1. The van der Waals surface area contributed by atoms with Crippen LogP contribution in [0.4, 0.5) is 14.5 Å². The van der Waals surface area contributed by atoms with E-state index in [1.54, 1.807) is 12.4 Å². The number of carbonyl (C=O) groups excluding carboxylic acids is 1. The van der Waals surface area contributed by atoms with Crippen molar-refractivity contribution in [1.29, 1.82) is 0 Å². The molecule has 0 unspecified atom stereocenters. The van der Waals surface area contributed by atoms with E-state index in [1.807, 2.05) is 0 Å². The molecule has 0 aliphatic carbocycles. The summed E-state index contributed by atoms with van der Waals surface area (Å²) in [6.45, 7) is 0.229. The number of aromatic amines is 1. The van der Waals surface area contributed by atoms with Crippen LogP contribution in [0.25, 0.3) is 0 Å². The Labute approximate surface area is 108 Å². The van der Waals surface area contributed by atoms with E-state index in [4.69, 9.17) is 0 Å². The number of benzene rings is 1. The number of H-pyrrole nitrogens is 1. The summed E-state index contributed by atoms with van der Waals surface area (Å²) in [7, 11) is 1.40. The van der Waals surface area contributed by atoms with Gasteiger partial charge in [0.1, 0.15) is 17.3 Å². The summed E-state index contributed by atoms with van der Waals surface area (Å²) in [5, 5.41) is 11.2. The highest BCUT2D eigenvalue weighted by Gasteiger charge is 2.14. The summed E-state index contributed by atoms with van der Waals surface area (Å²) < 4.78 is 27.0. The average molecular weight is 266 g/mol. The highest BCUT2D eigenvalue weighted by Crippen LogP contribution is 2.20. The first-order valence-corrected chi connectivity index (χ1v) is 5.54. The van der Waals surface area contributed by atoms with Crippen LogP contribution in [0.15, 0.2) is 24.5 Å². The number of nitrogens with one attached hydrogen (secondary N) is 3. The van der Waals surface area contributed by atoms with E-state index in [9.17, 15) is 13.6 Å². The van der Waals surface area contributed by atoms with Gasteiger partial charge in [0, 0.05) is 30.9 Å². The molecule has 1 heterocycles. The van der Waals surface area contributed by atoms with Gasteiger partial charge in [-0.25, -0.2) is 8.78 Å². The number of amides is 1. The van der Waals surface area contributed by atoms with Crippen molar-refractivity contribution in [3.05, 3.63) is 47.3 Å². The zero-order valence-corrected chi connectivity index (χ0v) is 10.1. The van der Waals surface area contributed by atoms with Crippen LogP contribution >= 0.6 is 0 Å². The Bertz CT molecular complexity index is 560. The molecular formula is C12H12F2N4O. The van der Waals surface area contributed by atoms with E-state index in [-0.39, 0.29) is 17.8 Å². The number of anilines is 1. The Hall–Kier alpha value is -2.44. The molecule has 0 bridgehead atoms. The zero-order valence-electron chi connectivity index (χ0n) is 10.1. The van der Waals surface area contributed by atoms with Crippen LogP contribution in [0.5, 0.6) is 0 Å². The molecule has 2 rings (SSSR count). The van der Waals surface area contributed by atoms with Crippen LogP contribution in [0.1, 0.15) is 15.9 Å². The molecule has 0 radical (unpaired) electrons. The molecular weight excluding hydrogens is 254 g/mol. The predicted molar refractivity (Wildman–Crippen MR) is 65.7 cm³/mol. The molecule has 0 spiro atoms. The zero-order chi connectivity index (χ0) is 13.8. The van der Waals surface area contributed by atoms with Crippen molar-refractivity contribution in [1.82, 2.24) is 15.5 Å². The van der Waals surface area contributed by atoms with Crippen molar-refractivity contribution in [2.24, 2.45) is 0 Å². The molecule has 2 aromatic rings. The first-order chi connectivity index (χ1) is 9.11. The minimum Gasteiger partial charge on any atom is -0.383 e. The Morgan fingerprint density at radius 2 is 2.05 bits per heavy atom. The van der Waals surface area contributed by atoms with Crippen LogP contribution in [-0.4, -0.2) is 23.2 Å². The van der Waals surface area contributed by atoms with Crippen molar-refractivity contribution in [3.8, 4) is 0 Å². The maximum Gasteiger partial charge on any atom is 0.251 e. The smallest absolute Gasteiger partial charge is 0.251 e. The van der Waals surface area contributed by atoms with Gasteiger partial charge in [0.05, 0.1) is 6.20 Å². The monoisotopic (exact) mass is 266 g/mol. The second kappa shape index (κ2) is 5.47. The minimum atomic E-state index is -0.809. The number of rotatable bonds is 4. The largest absolute Gasteiger partial charge is 0.383 e. The highest BCUT2D eigenvalue weighted by molar-refractivity contribution is 5.94. The van der Waals surface area contributed by atoms with Gasteiger partial charge in [-0.05, 0) is 12.1 Å². The lowest BCUT2D eigenvalue weighted by molar-refractivity contribution is 0.0950. The average Bonchev–Trinajstić information content (AvgIpc) is 2.88.